The van der Waals surface area contributed by atoms with E-state index in [2.05, 4.69) is 20.2 Å². The molecule has 0 saturated carbocycles. The maximum atomic E-state index is 12.3. The first-order valence-electron chi connectivity index (χ1n) is 8.76. The number of piperidine rings is 2. The lowest BCUT2D eigenvalue weighted by Gasteiger charge is -2.45. The zero-order valence-electron chi connectivity index (χ0n) is 14.6. The van der Waals surface area contributed by atoms with Crippen LogP contribution in [0, 0.1) is 5.41 Å². The smallest absolute Gasteiger partial charge is 0.222 e. The molecule has 4 rings (SSSR count). The van der Waals surface area contributed by atoms with Gasteiger partial charge in [0.2, 0.25) is 5.91 Å². The molecule has 1 spiro atoms. The van der Waals surface area contributed by atoms with Crippen LogP contribution in [0.25, 0.3) is 11.0 Å². The first kappa shape index (κ1) is 21.3. The molecule has 0 bridgehead atoms. The molecule has 144 valence electrons. The van der Waals surface area contributed by atoms with Crippen LogP contribution < -0.4 is 5.32 Å². The molecule has 2 fully saturated rings. The summed E-state index contributed by atoms with van der Waals surface area (Å²) in [7, 11) is 0. The Kier molecular flexibility index (Phi) is 7.19. The van der Waals surface area contributed by atoms with E-state index in [0.717, 1.165) is 55.9 Å². The lowest BCUT2D eigenvalue weighted by atomic mass is 9.73. The number of likely N-dealkylation sites (tertiary alicyclic amines) is 1. The molecule has 0 unspecified atom stereocenters. The van der Waals surface area contributed by atoms with Crippen molar-refractivity contribution in [2.45, 2.75) is 32.1 Å². The lowest BCUT2D eigenvalue weighted by Crippen LogP contribution is -2.51. The molecule has 3 heterocycles. The number of fused-ring (bicyclic) bond motifs is 1. The minimum atomic E-state index is 0. The molecule has 2 saturated heterocycles. The molecule has 1 amide bonds. The van der Waals surface area contributed by atoms with Gasteiger partial charge in [-0.25, -0.2) is 4.98 Å². The van der Waals surface area contributed by atoms with Crippen molar-refractivity contribution in [1.82, 2.24) is 20.2 Å². The number of halogens is 3. The maximum Gasteiger partial charge on any atom is 0.222 e. The van der Waals surface area contributed by atoms with Gasteiger partial charge < -0.3 is 15.2 Å². The molecule has 8 heteroatoms. The van der Waals surface area contributed by atoms with Crippen molar-refractivity contribution in [1.29, 1.82) is 0 Å². The van der Waals surface area contributed by atoms with Crippen LogP contribution in [-0.4, -0.2) is 47.0 Å². The van der Waals surface area contributed by atoms with Gasteiger partial charge in [0.15, 0.2) is 0 Å². The van der Waals surface area contributed by atoms with Crippen molar-refractivity contribution in [3.05, 3.63) is 29.0 Å². The van der Waals surface area contributed by atoms with Crippen LogP contribution in [0.2, 0.25) is 5.02 Å². The largest absolute Gasteiger partial charge is 0.342 e. The standard InChI is InChI=1S/C18H23ClN4O.2ClH/c19-13-1-2-14-15(11-13)22-16(21-14)4-10-23-12-18(5-3-17(23)24)6-8-20-9-7-18;;/h1-2,11,20H,3-10,12H2,(H,21,22);2*1H. The van der Waals surface area contributed by atoms with E-state index in [1.165, 1.54) is 12.8 Å². The van der Waals surface area contributed by atoms with Crippen LogP contribution in [-0.2, 0) is 11.2 Å². The summed E-state index contributed by atoms with van der Waals surface area (Å²) in [6.07, 6.45) is 4.86. The van der Waals surface area contributed by atoms with E-state index in [4.69, 9.17) is 11.6 Å². The maximum absolute atomic E-state index is 12.3. The zero-order chi connectivity index (χ0) is 16.6. The number of hydrogen-bond donors (Lipinski definition) is 2. The Morgan fingerprint density at radius 3 is 2.73 bits per heavy atom. The van der Waals surface area contributed by atoms with E-state index in [-0.39, 0.29) is 24.8 Å². The third-order valence-corrected chi connectivity index (χ3v) is 5.76. The van der Waals surface area contributed by atoms with Crippen molar-refractivity contribution in [2.24, 2.45) is 5.41 Å². The van der Waals surface area contributed by atoms with Crippen molar-refractivity contribution < 1.29 is 4.79 Å². The normalized spacial score (nSPS) is 19.3. The van der Waals surface area contributed by atoms with Gasteiger partial charge in [0, 0.05) is 31.0 Å². The zero-order valence-corrected chi connectivity index (χ0v) is 17.0. The number of benzene rings is 1. The van der Waals surface area contributed by atoms with Gasteiger partial charge in [-0.3, -0.25) is 4.79 Å². The van der Waals surface area contributed by atoms with E-state index < -0.39 is 0 Å². The Hall–Kier alpha value is -1.01. The number of hydrogen-bond acceptors (Lipinski definition) is 3. The number of aromatic amines is 1. The van der Waals surface area contributed by atoms with Gasteiger partial charge in [-0.15, -0.1) is 24.8 Å². The second kappa shape index (κ2) is 8.79. The summed E-state index contributed by atoms with van der Waals surface area (Å²) in [4.78, 5) is 22.3. The topological polar surface area (TPSA) is 61.0 Å². The summed E-state index contributed by atoms with van der Waals surface area (Å²) in [5.41, 5.74) is 2.21. The Labute approximate surface area is 171 Å². The summed E-state index contributed by atoms with van der Waals surface area (Å²) in [6, 6.07) is 5.67. The Balaban J connectivity index is 0.00000121. The highest BCUT2D eigenvalue weighted by Gasteiger charge is 2.39. The van der Waals surface area contributed by atoms with E-state index in [1.54, 1.807) is 0 Å². The highest BCUT2D eigenvalue weighted by Crippen LogP contribution is 2.38. The van der Waals surface area contributed by atoms with E-state index in [1.807, 2.05) is 18.2 Å². The van der Waals surface area contributed by atoms with Gasteiger partial charge in [-0.05, 0) is 56.0 Å². The van der Waals surface area contributed by atoms with E-state index in [0.29, 0.717) is 22.8 Å². The minimum Gasteiger partial charge on any atom is -0.342 e. The number of nitrogens with one attached hydrogen (secondary N) is 2. The molecule has 2 aliphatic heterocycles. The number of nitrogens with zero attached hydrogens (tertiary/aromatic N) is 2. The molecule has 0 atom stereocenters. The highest BCUT2D eigenvalue weighted by molar-refractivity contribution is 6.31. The van der Waals surface area contributed by atoms with Crippen LogP contribution in [0.4, 0.5) is 0 Å². The molecular formula is C18H25Cl3N4O. The van der Waals surface area contributed by atoms with Crippen LogP contribution >= 0.6 is 36.4 Å². The number of H-pyrrole nitrogens is 1. The Bertz CT molecular complexity index is 758. The van der Waals surface area contributed by atoms with Gasteiger partial charge in [0.1, 0.15) is 5.82 Å². The number of aromatic nitrogens is 2. The van der Waals surface area contributed by atoms with Crippen LogP contribution in [0.3, 0.4) is 0 Å². The third-order valence-electron chi connectivity index (χ3n) is 5.52. The fourth-order valence-corrected chi connectivity index (χ4v) is 4.24. The number of amides is 1. The monoisotopic (exact) mass is 418 g/mol. The average molecular weight is 420 g/mol. The van der Waals surface area contributed by atoms with Crippen molar-refractivity contribution in [2.75, 3.05) is 26.2 Å². The molecule has 26 heavy (non-hydrogen) atoms. The van der Waals surface area contributed by atoms with Gasteiger partial charge in [0.05, 0.1) is 11.0 Å². The second-order valence-corrected chi connectivity index (χ2v) is 7.60. The number of rotatable bonds is 3. The third kappa shape index (κ3) is 4.45. The quantitative estimate of drug-likeness (QED) is 0.799. The predicted molar refractivity (Wildman–Crippen MR) is 110 cm³/mol. The predicted octanol–water partition coefficient (Wildman–Crippen LogP) is 3.59. The molecular weight excluding hydrogens is 395 g/mol. The van der Waals surface area contributed by atoms with Gasteiger partial charge in [-0.2, -0.15) is 0 Å². The Morgan fingerprint density at radius 2 is 1.96 bits per heavy atom. The van der Waals surface area contributed by atoms with Crippen LogP contribution in [0.5, 0.6) is 0 Å². The summed E-state index contributed by atoms with van der Waals surface area (Å²) >= 11 is 6.02. The summed E-state index contributed by atoms with van der Waals surface area (Å²) in [5.74, 6) is 1.21. The van der Waals surface area contributed by atoms with Crippen LogP contribution in [0.1, 0.15) is 31.5 Å². The molecule has 1 aromatic heterocycles. The van der Waals surface area contributed by atoms with Crippen molar-refractivity contribution in [3.8, 4) is 0 Å². The van der Waals surface area contributed by atoms with Gasteiger partial charge in [0.25, 0.3) is 0 Å². The second-order valence-electron chi connectivity index (χ2n) is 7.16. The SMILES string of the molecule is Cl.Cl.O=C1CCC2(CCNCC2)CN1CCc1nc2ccc(Cl)cc2[nH]1. The van der Waals surface area contributed by atoms with Crippen LogP contribution in [0.15, 0.2) is 18.2 Å². The number of imidazole rings is 1. The van der Waals surface area contributed by atoms with Gasteiger partial charge in [-0.1, -0.05) is 11.6 Å². The molecule has 0 radical (unpaired) electrons. The first-order valence-corrected chi connectivity index (χ1v) is 9.14. The summed E-state index contributed by atoms with van der Waals surface area (Å²) < 4.78 is 0. The number of carbonyl (C=O) groups excluding carboxylic acids is 1. The Morgan fingerprint density at radius 1 is 1.19 bits per heavy atom. The fourth-order valence-electron chi connectivity index (χ4n) is 4.07. The fraction of sp³-hybridized carbons (Fsp3) is 0.556. The van der Waals surface area contributed by atoms with E-state index in [9.17, 15) is 4.79 Å². The molecule has 0 aliphatic carbocycles. The first-order chi connectivity index (χ1) is 11.6. The average Bonchev–Trinajstić information content (AvgIpc) is 2.99. The summed E-state index contributed by atoms with van der Waals surface area (Å²) in [5, 5.41) is 4.14. The molecule has 2 aliphatic rings. The van der Waals surface area contributed by atoms with Crippen molar-refractivity contribution in [3.63, 3.8) is 0 Å². The minimum absolute atomic E-state index is 0. The lowest BCUT2D eigenvalue weighted by molar-refractivity contribution is -0.138. The van der Waals surface area contributed by atoms with Gasteiger partial charge >= 0.3 is 0 Å². The molecule has 2 N–H and O–H groups in total. The molecule has 5 nitrogen and oxygen atoms in total. The summed E-state index contributed by atoms with van der Waals surface area (Å²) in [6.45, 7) is 3.79. The molecule has 2 aromatic rings. The van der Waals surface area contributed by atoms with Crippen molar-refractivity contribution >= 4 is 53.4 Å². The highest BCUT2D eigenvalue weighted by atomic mass is 35.5. The van der Waals surface area contributed by atoms with E-state index >= 15 is 0 Å². The molecule has 1 aromatic carbocycles. The number of carbonyl (C=O) groups is 1.